The molecule has 0 N–H and O–H groups in total. The molecular weight excluding hydrogens is 188 g/mol. The zero-order chi connectivity index (χ0) is 10.2. The van der Waals surface area contributed by atoms with Crippen LogP contribution in [0.4, 0.5) is 0 Å². The van der Waals surface area contributed by atoms with E-state index < -0.39 is 10.1 Å². The van der Waals surface area contributed by atoms with Crippen molar-refractivity contribution in [2.75, 3.05) is 12.4 Å². The van der Waals surface area contributed by atoms with Gasteiger partial charge in [0.05, 0.1) is 12.4 Å². The Labute approximate surface area is 80.6 Å². The van der Waals surface area contributed by atoms with Gasteiger partial charge in [0.1, 0.15) is 0 Å². The van der Waals surface area contributed by atoms with Crippen molar-refractivity contribution < 1.29 is 12.6 Å². The smallest absolute Gasteiger partial charge is 0.267 e. The largest absolute Gasteiger partial charge is 0.270 e. The molecule has 0 aliphatic heterocycles. The van der Waals surface area contributed by atoms with Crippen molar-refractivity contribution >= 4 is 10.1 Å². The van der Waals surface area contributed by atoms with E-state index in [1.807, 2.05) is 0 Å². The lowest BCUT2D eigenvalue weighted by Gasteiger charge is -2.01. The van der Waals surface area contributed by atoms with Gasteiger partial charge in [-0.2, -0.15) is 8.42 Å². The van der Waals surface area contributed by atoms with E-state index in [1.54, 1.807) is 6.92 Å². The average molecular weight is 204 g/mol. The Hall–Kier alpha value is -0.530. The molecule has 0 spiro atoms. The summed E-state index contributed by atoms with van der Waals surface area (Å²) in [7, 11) is -3.25. The monoisotopic (exact) mass is 204 g/mol. The third kappa shape index (κ3) is 7.82. The molecule has 4 heteroatoms. The van der Waals surface area contributed by atoms with Crippen molar-refractivity contribution in [3.63, 3.8) is 0 Å². The summed E-state index contributed by atoms with van der Waals surface area (Å²) < 4.78 is 26.3. The summed E-state index contributed by atoms with van der Waals surface area (Å²) in [5.41, 5.74) is 0. The molecule has 0 aromatic rings. The van der Waals surface area contributed by atoms with Crippen LogP contribution in [0, 0.1) is 12.3 Å². The lowest BCUT2D eigenvalue weighted by molar-refractivity contribution is 0.308. The molecule has 0 amide bonds. The molecular formula is C9H16O3S. The molecule has 0 rings (SSSR count). The van der Waals surface area contributed by atoms with E-state index in [1.165, 1.54) is 0 Å². The molecule has 0 heterocycles. The predicted octanol–water partition coefficient (Wildman–Crippen LogP) is 1.55. The molecule has 0 fully saturated rings. The van der Waals surface area contributed by atoms with Gasteiger partial charge in [-0.3, -0.25) is 4.18 Å². The molecule has 3 nitrogen and oxygen atoms in total. The highest BCUT2D eigenvalue weighted by atomic mass is 32.2. The van der Waals surface area contributed by atoms with Gasteiger partial charge in [-0.25, -0.2) is 0 Å². The summed E-state index contributed by atoms with van der Waals surface area (Å²) in [4.78, 5) is 0. The summed E-state index contributed by atoms with van der Waals surface area (Å²) in [6, 6.07) is 0. The van der Waals surface area contributed by atoms with E-state index in [9.17, 15) is 8.42 Å². The first kappa shape index (κ1) is 12.5. The standard InChI is InChI=1S/C9H16O3S/c1-3-5-6-7-8-9-12-13(10,11)4-2/h1H,4-9H2,2H3. The molecule has 76 valence electrons. The molecule has 0 aliphatic rings. The molecule has 0 saturated heterocycles. The van der Waals surface area contributed by atoms with Crippen LogP contribution in [0.15, 0.2) is 0 Å². The van der Waals surface area contributed by atoms with E-state index in [0.29, 0.717) is 0 Å². The second-order valence-corrected chi connectivity index (χ2v) is 4.61. The van der Waals surface area contributed by atoms with Crippen LogP contribution in [-0.4, -0.2) is 20.8 Å². The van der Waals surface area contributed by atoms with Gasteiger partial charge < -0.3 is 0 Å². The fourth-order valence-electron chi connectivity index (χ4n) is 0.775. The minimum absolute atomic E-state index is 0.0390. The Kier molecular flexibility index (Phi) is 6.65. The quantitative estimate of drug-likeness (QED) is 0.359. The zero-order valence-corrected chi connectivity index (χ0v) is 8.77. The highest BCUT2D eigenvalue weighted by Crippen LogP contribution is 2.01. The summed E-state index contributed by atoms with van der Waals surface area (Å²) in [5.74, 6) is 2.57. The van der Waals surface area contributed by atoms with E-state index >= 15 is 0 Å². The number of hydrogen-bond donors (Lipinski definition) is 0. The minimum atomic E-state index is -3.25. The first-order valence-electron chi connectivity index (χ1n) is 4.43. The zero-order valence-electron chi connectivity index (χ0n) is 7.95. The van der Waals surface area contributed by atoms with E-state index in [2.05, 4.69) is 10.1 Å². The fraction of sp³-hybridized carbons (Fsp3) is 0.778. The van der Waals surface area contributed by atoms with Crippen LogP contribution >= 0.6 is 0 Å². The number of unbranched alkanes of at least 4 members (excludes halogenated alkanes) is 3. The normalized spacial score (nSPS) is 11.1. The molecule has 0 unspecified atom stereocenters. The number of terminal acetylenes is 1. The Bertz CT molecular complexity index is 249. The second-order valence-electron chi connectivity index (χ2n) is 2.68. The number of hydrogen-bond acceptors (Lipinski definition) is 3. The Morgan fingerprint density at radius 3 is 2.54 bits per heavy atom. The average Bonchev–Trinajstić information content (AvgIpc) is 2.11. The van der Waals surface area contributed by atoms with Crippen molar-refractivity contribution in [3.05, 3.63) is 0 Å². The molecule has 0 radical (unpaired) electrons. The van der Waals surface area contributed by atoms with Gasteiger partial charge in [0.15, 0.2) is 0 Å². The summed E-state index contributed by atoms with van der Waals surface area (Å²) in [6.45, 7) is 1.84. The van der Waals surface area contributed by atoms with Gasteiger partial charge in [-0.15, -0.1) is 12.3 Å². The van der Waals surface area contributed by atoms with Crippen LogP contribution in [0.25, 0.3) is 0 Å². The molecule has 0 saturated carbocycles. The van der Waals surface area contributed by atoms with Crippen molar-refractivity contribution in [2.45, 2.75) is 32.6 Å². The fourth-order valence-corrected chi connectivity index (χ4v) is 1.31. The maximum absolute atomic E-state index is 10.8. The first-order valence-corrected chi connectivity index (χ1v) is 6.00. The summed E-state index contributed by atoms with van der Waals surface area (Å²) in [5, 5.41) is 0. The maximum atomic E-state index is 10.8. The predicted molar refractivity (Wildman–Crippen MR) is 52.7 cm³/mol. The molecule has 0 atom stereocenters. The van der Waals surface area contributed by atoms with Gasteiger partial charge in [0.2, 0.25) is 0 Å². The van der Waals surface area contributed by atoms with Crippen molar-refractivity contribution in [2.24, 2.45) is 0 Å². The molecule has 0 aliphatic carbocycles. The van der Waals surface area contributed by atoms with E-state index in [4.69, 9.17) is 6.42 Å². The first-order chi connectivity index (χ1) is 6.12. The van der Waals surface area contributed by atoms with Gasteiger partial charge >= 0.3 is 0 Å². The SMILES string of the molecule is C#CCCCCCOS(=O)(=O)CC. The van der Waals surface area contributed by atoms with Gasteiger partial charge in [-0.1, -0.05) is 6.42 Å². The van der Waals surface area contributed by atoms with Crippen LogP contribution in [0.5, 0.6) is 0 Å². The minimum Gasteiger partial charge on any atom is -0.270 e. The highest BCUT2D eigenvalue weighted by molar-refractivity contribution is 7.86. The van der Waals surface area contributed by atoms with Crippen LogP contribution in [0.3, 0.4) is 0 Å². The third-order valence-electron chi connectivity index (χ3n) is 1.58. The van der Waals surface area contributed by atoms with Gasteiger partial charge in [0, 0.05) is 6.42 Å². The van der Waals surface area contributed by atoms with Crippen LogP contribution in [0.2, 0.25) is 0 Å². The molecule has 13 heavy (non-hydrogen) atoms. The van der Waals surface area contributed by atoms with Crippen molar-refractivity contribution in [3.8, 4) is 12.3 Å². The molecule has 0 bridgehead atoms. The third-order valence-corrected chi connectivity index (χ3v) is 2.81. The van der Waals surface area contributed by atoms with E-state index in [-0.39, 0.29) is 12.4 Å². The van der Waals surface area contributed by atoms with Crippen LogP contribution < -0.4 is 0 Å². The Morgan fingerprint density at radius 2 is 2.00 bits per heavy atom. The summed E-state index contributed by atoms with van der Waals surface area (Å²) >= 11 is 0. The van der Waals surface area contributed by atoms with Gasteiger partial charge in [0.25, 0.3) is 10.1 Å². The van der Waals surface area contributed by atoms with Crippen molar-refractivity contribution in [1.29, 1.82) is 0 Å². The summed E-state index contributed by atoms with van der Waals surface area (Å²) in [6.07, 6.45) is 8.41. The highest BCUT2D eigenvalue weighted by Gasteiger charge is 2.05. The number of rotatable bonds is 7. The topological polar surface area (TPSA) is 43.4 Å². The van der Waals surface area contributed by atoms with Gasteiger partial charge in [-0.05, 0) is 19.8 Å². The van der Waals surface area contributed by atoms with Crippen molar-refractivity contribution in [1.82, 2.24) is 0 Å². The lowest BCUT2D eigenvalue weighted by atomic mass is 10.2. The Balaban J connectivity index is 3.32. The molecule has 0 aromatic carbocycles. The Morgan fingerprint density at radius 1 is 1.31 bits per heavy atom. The second kappa shape index (κ2) is 6.93. The van der Waals surface area contributed by atoms with Crippen LogP contribution in [0.1, 0.15) is 32.6 Å². The molecule has 0 aromatic heterocycles. The van der Waals surface area contributed by atoms with E-state index in [0.717, 1.165) is 25.7 Å². The van der Waals surface area contributed by atoms with Crippen LogP contribution in [-0.2, 0) is 14.3 Å². The maximum Gasteiger partial charge on any atom is 0.267 e. The lowest BCUT2D eigenvalue weighted by Crippen LogP contribution is -2.08.